The normalized spacial score (nSPS) is 16.0. The molecular formula is C20H25F3N4O4S. The molecule has 1 saturated carbocycles. The van der Waals surface area contributed by atoms with Crippen LogP contribution in [-0.4, -0.2) is 33.2 Å². The number of aryl methyl sites for hydroxylation is 2. The number of nitrogens with zero attached hydrogens (tertiary/aromatic N) is 3. The van der Waals surface area contributed by atoms with Gasteiger partial charge in [0.2, 0.25) is 0 Å². The van der Waals surface area contributed by atoms with Crippen molar-refractivity contribution in [2.45, 2.75) is 77.7 Å². The number of ether oxygens (including phenoxy) is 1. The third-order valence-corrected chi connectivity index (χ3v) is 6.37. The highest BCUT2D eigenvalue weighted by Crippen LogP contribution is 2.41. The number of aromatic nitrogens is 2. The molecule has 0 radical (unpaired) electrons. The van der Waals surface area contributed by atoms with Crippen LogP contribution in [0.5, 0.6) is 0 Å². The van der Waals surface area contributed by atoms with E-state index >= 15 is 0 Å². The summed E-state index contributed by atoms with van der Waals surface area (Å²) in [6, 6.07) is 0. The molecule has 0 aliphatic heterocycles. The van der Waals surface area contributed by atoms with Gasteiger partial charge in [-0.2, -0.15) is 18.3 Å². The second kappa shape index (κ2) is 8.05. The maximum Gasteiger partial charge on any atom is 0.428 e. The van der Waals surface area contributed by atoms with E-state index in [2.05, 4.69) is 10.5 Å². The number of hydrazone groups is 1. The van der Waals surface area contributed by atoms with Gasteiger partial charge in [-0.15, -0.1) is 11.3 Å². The summed E-state index contributed by atoms with van der Waals surface area (Å²) in [6.07, 6.45) is -3.94. The predicted molar refractivity (Wildman–Crippen MR) is 116 cm³/mol. The Bertz CT molecular complexity index is 1200. The zero-order chi connectivity index (χ0) is 24.1. The van der Waals surface area contributed by atoms with Gasteiger partial charge >= 0.3 is 18.0 Å². The summed E-state index contributed by atoms with van der Waals surface area (Å²) in [6.45, 7) is 7.85. The minimum absolute atomic E-state index is 0.154. The van der Waals surface area contributed by atoms with E-state index in [0.29, 0.717) is 23.3 Å². The first kappa shape index (κ1) is 24.0. The predicted octanol–water partition coefficient (Wildman–Crippen LogP) is 3.85. The second-order valence-electron chi connectivity index (χ2n) is 9.08. The number of amides is 1. The van der Waals surface area contributed by atoms with Gasteiger partial charge in [0.15, 0.2) is 0 Å². The average Bonchev–Trinajstić information content (AvgIpc) is 3.26. The number of rotatable bonds is 5. The summed E-state index contributed by atoms with van der Waals surface area (Å²) >= 11 is 0.975. The Morgan fingerprint density at radius 3 is 2.44 bits per heavy atom. The fourth-order valence-electron chi connectivity index (χ4n) is 3.25. The lowest BCUT2D eigenvalue weighted by atomic mass is 10.2. The van der Waals surface area contributed by atoms with Gasteiger partial charge in [0.05, 0.1) is 28.4 Å². The van der Waals surface area contributed by atoms with Gasteiger partial charge in [0.25, 0.3) is 5.56 Å². The van der Waals surface area contributed by atoms with Crippen LogP contribution < -0.4 is 16.7 Å². The van der Waals surface area contributed by atoms with E-state index in [1.807, 2.05) is 0 Å². The monoisotopic (exact) mass is 474 g/mol. The molecule has 32 heavy (non-hydrogen) atoms. The van der Waals surface area contributed by atoms with Crippen LogP contribution >= 0.6 is 11.3 Å². The van der Waals surface area contributed by atoms with Gasteiger partial charge in [-0.25, -0.2) is 15.0 Å². The van der Waals surface area contributed by atoms with E-state index in [1.165, 1.54) is 6.21 Å². The number of carbonyl (C=O) groups is 1. The highest BCUT2D eigenvalue weighted by Gasteiger charge is 2.43. The third kappa shape index (κ3) is 5.05. The van der Waals surface area contributed by atoms with Crippen molar-refractivity contribution in [3.05, 3.63) is 31.3 Å². The summed E-state index contributed by atoms with van der Waals surface area (Å²) < 4.78 is 45.8. The quantitative estimate of drug-likeness (QED) is 0.526. The largest absolute Gasteiger partial charge is 0.443 e. The maximum atomic E-state index is 13.2. The Morgan fingerprint density at radius 1 is 1.28 bits per heavy atom. The van der Waals surface area contributed by atoms with E-state index in [9.17, 15) is 27.6 Å². The molecule has 1 aliphatic carbocycles. The Balaban J connectivity index is 2.06. The van der Waals surface area contributed by atoms with E-state index in [4.69, 9.17) is 4.74 Å². The van der Waals surface area contributed by atoms with E-state index < -0.39 is 47.6 Å². The van der Waals surface area contributed by atoms with Gasteiger partial charge in [-0.3, -0.25) is 13.9 Å². The Hall–Kier alpha value is -2.63. The van der Waals surface area contributed by atoms with Crippen molar-refractivity contribution in [1.82, 2.24) is 14.6 Å². The molecule has 1 amide bonds. The number of fused-ring (bicyclic) bond motifs is 1. The first-order chi connectivity index (χ1) is 14.6. The van der Waals surface area contributed by atoms with Gasteiger partial charge in [0, 0.05) is 6.54 Å². The summed E-state index contributed by atoms with van der Waals surface area (Å²) in [5.41, 5.74) is -0.000494. The lowest BCUT2D eigenvalue weighted by molar-refractivity contribution is -0.136. The zero-order valence-electron chi connectivity index (χ0n) is 18.4. The molecular weight excluding hydrogens is 449 g/mol. The van der Waals surface area contributed by atoms with Crippen molar-refractivity contribution in [3.63, 3.8) is 0 Å². The van der Waals surface area contributed by atoms with Gasteiger partial charge in [-0.05, 0) is 53.0 Å². The standard InChI is InChI=1S/C20H25F3N4O4S/c1-11-12(10-24-25-16(29)31-18(2,3)4)32-15-13(11)14(28)27(19(5)6-7-19)17(30)26(15)9-8-20(21,22)23/h10H,6-9H2,1-5H3,(H,25,29). The minimum atomic E-state index is -4.45. The van der Waals surface area contributed by atoms with Crippen molar-refractivity contribution in [1.29, 1.82) is 0 Å². The second-order valence-corrected chi connectivity index (χ2v) is 10.1. The van der Waals surface area contributed by atoms with Gasteiger partial charge in [-0.1, -0.05) is 0 Å². The fraction of sp³-hybridized carbons (Fsp3) is 0.600. The Kier molecular flexibility index (Phi) is 6.05. The topological polar surface area (TPSA) is 94.7 Å². The number of alkyl halides is 3. The summed E-state index contributed by atoms with van der Waals surface area (Å²) in [4.78, 5) is 38.5. The summed E-state index contributed by atoms with van der Waals surface area (Å²) in [5.74, 6) is 0. The summed E-state index contributed by atoms with van der Waals surface area (Å²) in [5, 5.41) is 4.00. The molecule has 0 saturated heterocycles. The average molecular weight is 475 g/mol. The van der Waals surface area contributed by atoms with Crippen molar-refractivity contribution < 1.29 is 22.7 Å². The molecule has 1 fully saturated rings. The molecule has 2 aromatic rings. The molecule has 1 aliphatic rings. The number of halogens is 3. The molecule has 176 valence electrons. The number of carbonyl (C=O) groups excluding carboxylic acids is 1. The van der Waals surface area contributed by atoms with E-state index in [-0.39, 0.29) is 10.2 Å². The summed E-state index contributed by atoms with van der Waals surface area (Å²) in [7, 11) is 0. The molecule has 0 aromatic carbocycles. The van der Waals surface area contributed by atoms with Crippen molar-refractivity contribution >= 4 is 33.9 Å². The molecule has 1 N–H and O–H groups in total. The lowest BCUT2D eigenvalue weighted by Crippen LogP contribution is -2.44. The van der Waals surface area contributed by atoms with Crippen molar-refractivity contribution in [3.8, 4) is 0 Å². The minimum Gasteiger partial charge on any atom is -0.443 e. The van der Waals surface area contributed by atoms with Crippen LogP contribution in [-0.2, 0) is 16.8 Å². The molecule has 0 spiro atoms. The van der Waals surface area contributed by atoms with Crippen LogP contribution in [0, 0.1) is 6.92 Å². The molecule has 0 bridgehead atoms. The first-order valence-corrected chi connectivity index (χ1v) is 10.8. The molecule has 0 atom stereocenters. The maximum absolute atomic E-state index is 13.2. The molecule has 0 unspecified atom stereocenters. The number of hydrogen-bond acceptors (Lipinski definition) is 6. The first-order valence-electron chi connectivity index (χ1n) is 10.0. The van der Waals surface area contributed by atoms with Crippen LogP contribution in [0.2, 0.25) is 0 Å². The number of hydrogen-bond donors (Lipinski definition) is 1. The van der Waals surface area contributed by atoms with Crippen LogP contribution in [0.1, 0.15) is 57.4 Å². The highest BCUT2D eigenvalue weighted by atomic mass is 32.1. The van der Waals surface area contributed by atoms with Crippen LogP contribution in [0.4, 0.5) is 18.0 Å². The van der Waals surface area contributed by atoms with Crippen molar-refractivity contribution in [2.75, 3.05) is 0 Å². The highest BCUT2D eigenvalue weighted by molar-refractivity contribution is 7.20. The molecule has 3 rings (SSSR count). The molecule has 12 heteroatoms. The number of nitrogens with one attached hydrogen (secondary N) is 1. The molecule has 8 nitrogen and oxygen atoms in total. The van der Waals surface area contributed by atoms with Gasteiger partial charge in [0.1, 0.15) is 10.4 Å². The van der Waals surface area contributed by atoms with Crippen LogP contribution in [0.15, 0.2) is 14.7 Å². The van der Waals surface area contributed by atoms with Crippen molar-refractivity contribution in [2.24, 2.45) is 5.10 Å². The SMILES string of the molecule is Cc1c(C=NNC(=O)OC(C)(C)C)sc2c1c(=O)n(C1(C)CC1)c(=O)n2CCC(F)(F)F. The van der Waals surface area contributed by atoms with Crippen LogP contribution in [0.25, 0.3) is 10.2 Å². The smallest absolute Gasteiger partial charge is 0.428 e. The van der Waals surface area contributed by atoms with E-state index in [1.54, 1.807) is 34.6 Å². The van der Waals surface area contributed by atoms with E-state index in [0.717, 1.165) is 20.5 Å². The molecule has 2 aromatic heterocycles. The zero-order valence-corrected chi connectivity index (χ0v) is 19.2. The Labute approximate surface area is 185 Å². The lowest BCUT2D eigenvalue weighted by Gasteiger charge is -2.18. The fourth-order valence-corrected chi connectivity index (χ4v) is 4.44. The third-order valence-electron chi connectivity index (χ3n) is 5.12. The molecule has 2 heterocycles. The van der Waals surface area contributed by atoms with Crippen LogP contribution in [0.3, 0.4) is 0 Å². The van der Waals surface area contributed by atoms with Gasteiger partial charge < -0.3 is 4.74 Å². The number of thiophene rings is 1. The Morgan fingerprint density at radius 2 is 1.91 bits per heavy atom.